The van der Waals surface area contributed by atoms with E-state index in [1.807, 2.05) is 24.3 Å². The summed E-state index contributed by atoms with van der Waals surface area (Å²) < 4.78 is 0. The maximum absolute atomic E-state index is 12.1. The summed E-state index contributed by atoms with van der Waals surface area (Å²) in [6.07, 6.45) is 0.709. The highest BCUT2D eigenvalue weighted by molar-refractivity contribution is 8.01. The Morgan fingerprint density at radius 1 is 1.37 bits per heavy atom. The Morgan fingerprint density at radius 2 is 2.05 bits per heavy atom. The van der Waals surface area contributed by atoms with Crippen LogP contribution >= 0.6 is 11.8 Å². The van der Waals surface area contributed by atoms with E-state index < -0.39 is 11.9 Å². The summed E-state index contributed by atoms with van der Waals surface area (Å²) >= 11 is 1.55. The molecule has 0 aliphatic carbocycles. The van der Waals surface area contributed by atoms with Crippen molar-refractivity contribution in [3.8, 4) is 0 Å². The molecular weight excluding hydrogens is 262 g/mol. The van der Waals surface area contributed by atoms with Crippen LogP contribution < -0.4 is 5.32 Å². The lowest BCUT2D eigenvalue weighted by atomic mass is 10.0. The predicted octanol–water partition coefficient (Wildman–Crippen LogP) is 1.93. The fraction of sp³-hybridized carbons (Fsp3) is 0.429. The molecule has 0 bridgehead atoms. The Morgan fingerprint density at radius 3 is 2.68 bits per heavy atom. The van der Waals surface area contributed by atoms with Gasteiger partial charge in [-0.25, -0.2) is 0 Å². The van der Waals surface area contributed by atoms with Crippen molar-refractivity contribution in [2.24, 2.45) is 5.92 Å². The third-order valence-electron chi connectivity index (χ3n) is 3.45. The molecule has 1 heterocycles. The molecule has 0 radical (unpaired) electrons. The van der Waals surface area contributed by atoms with Crippen molar-refractivity contribution >= 4 is 23.6 Å². The minimum absolute atomic E-state index is 0.0817. The van der Waals surface area contributed by atoms with Crippen molar-refractivity contribution in [2.75, 3.05) is 0 Å². The van der Waals surface area contributed by atoms with Crippen LogP contribution in [0.1, 0.15) is 19.4 Å². The molecule has 0 saturated heterocycles. The van der Waals surface area contributed by atoms with Crippen molar-refractivity contribution in [3.63, 3.8) is 0 Å². The molecule has 0 aromatic heterocycles. The number of hydrogen-bond acceptors (Lipinski definition) is 3. The third kappa shape index (κ3) is 3.10. The van der Waals surface area contributed by atoms with Crippen LogP contribution in [0.5, 0.6) is 0 Å². The summed E-state index contributed by atoms with van der Waals surface area (Å²) in [7, 11) is 0. The normalized spacial score (nSPS) is 20.4. The fourth-order valence-corrected chi connectivity index (χ4v) is 3.19. The number of aliphatic carboxylic acids is 1. The lowest BCUT2D eigenvalue weighted by Crippen LogP contribution is -2.43. The first kappa shape index (κ1) is 13.9. The number of carbonyl (C=O) groups is 2. The van der Waals surface area contributed by atoms with Crippen molar-refractivity contribution in [3.05, 3.63) is 29.8 Å². The number of fused-ring (bicyclic) bond motifs is 1. The zero-order valence-electron chi connectivity index (χ0n) is 10.9. The zero-order valence-corrected chi connectivity index (χ0v) is 11.7. The van der Waals surface area contributed by atoms with Gasteiger partial charge in [-0.05, 0) is 31.9 Å². The summed E-state index contributed by atoms with van der Waals surface area (Å²) in [4.78, 5) is 24.1. The predicted molar refractivity (Wildman–Crippen MR) is 74.2 cm³/mol. The largest absolute Gasteiger partial charge is 0.481 e. The second kappa shape index (κ2) is 5.65. The zero-order chi connectivity index (χ0) is 14.0. The van der Waals surface area contributed by atoms with Gasteiger partial charge in [0.2, 0.25) is 5.91 Å². The number of hydrogen-bond donors (Lipinski definition) is 2. The minimum atomic E-state index is -0.893. The number of carboxylic acids is 1. The van der Waals surface area contributed by atoms with Crippen LogP contribution in [-0.2, 0) is 16.0 Å². The Labute approximate surface area is 116 Å². The summed E-state index contributed by atoms with van der Waals surface area (Å²) in [5.41, 5.74) is 1.19. The second-order valence-corrected chi connectivity index (χ2v) is 6.09. The molecule has 2 N–H and O–H groups in total. The lowest BCUT2D eigenvalue weighted by Gasteiger charge is -2.19. The Hall–Kier alpha value is -1.49. The number of carboxylic acid groups (broad SMARTS) is 1. The van der Waals surface area contributed by atoms with Gasteiger partial charge in [-0.15, -0.1) is 11.8 Å². The van der Waals surface area contributed by atoms with Gasteiger partial charge < -0.3 is 10.4 Å². The van der Waals surface area contributed by atoms with Crippen LogP contribution in [-0.4, -0.2) is 28.3 Å². The lowest BCUT2D eigenvalue weighted by molar-refractivity contribution is -0.142. The topological polar surface area (TPSA) is 66.4 Å². The van der Waals surface area contributed by atoms with Gasteiger partial charge >= 0.3 is 5.97 Å². The second-order valence-electron chi connectivity index (χ2n) is 4.84. The number of amides is 1. The molecule has 1 aromatic rings. The summed E-state index contributed by atoms with van der Waals surface area (Å²) in [5.74, 6) is -1.56. The standard InChI is InChI=1S/C14H17NO3S/c1-8(14(17)18)9(2)15-13(16)12-7-10-5-3-4-6-11(10)19-12/h3-6,8-9,12H,7H2,1-2H3,(H,15,16)(H,17,18). The van der Waals surface area contributed by atoms with E-state index in [-0.39, 0.29) is 17.2 Å². The Bertz CT molecular complexity index is 478. The highest BCUT2D eigenvalue weighted by Gasteiger charge is 2.30. The Kier molecular flexibility index (Phi) is 4.14. The van der Waals surface area contributed by atoms with E-state index >= 15 is 0 Å². The van der Waals surface area contributed by atoms with Crippen molar-refractivity contribution in [1.29, 1.82) is 0 Å². The van der Waals surface area contributed by atoms with Gasteiger partial charge in [0, 0.05) is 10.9 Å². The minimum Gasteiger partial charge on any atom is -0.481 e. The van der Waals surface area contributed by atoms with Crippen molar-refractivity contribution < 1.29 is 14.7 Å². The molecule has 1 aromatic carbocycles. The first-order valence-electron chi connectivity index (χ1n) is 6.26. The van der Waals surface area contributed by atoms with Crippen molar-refractivity contribution in [2.45, 2.75) is 36.5 Å². The van der Waals surface area contributed by atoms with Gasteiger partial charge in [0.1, 0.15) is 0 Å². The number of rotatable bonds is 4. The summed E-state index contributed by atoms with van der Waals surface area (Å²) in [6, 6.07) is 7.60. The molecule has 2 rings (SSSR count). The quantitative estimate of drug-likeness (QED) is 0.884. The van der Waals surface area contributed by atoms with E-state index in [9.17, 15) is 9.59 Å². The fourth-order valence-electron chi connectivity index (χ4n) is 1.98. The van der Waals surface area contributed by atoms with Gasteiger partial charge in [-0.3, -0.25) is 9.59 Å². The van der Waals surface area contributed by atoms with Gasteiger partial charge in [-0.2, -0.15) is 0 Å². The molecule has 3 unspecified atom stereocenters. The number of thioether (sulfide) groups is 1. The molecule has 1 aliphatic heterocycles. The number of carbonyl (C=O) groups excluding carboxylic acids is 1. The SMILES string of the molecule is CC(NC(=O)C1Cc2ccccc2S1)C(C)C(=O)O. The van der Waals surface area contributed by atoms with E-state index in [4.69, 9.17) is 5.11 Å². The molecule has 0 spiro atoms. The van der Waals surface area contributed by atoms with E-state index in [0.29, 0.717) is 6.42 Å². The van der Waals surface area contributed by atoms with Crippen LogP contribution in [0.4, 0.5) is 0 Å². The highest BCUT2D eigenvalue weighted by atomic mass is 32.2. The number of benzene rings is 1. The monoisotopic (exact) mass is 279 g/mol. The molecular formula is C14H17NO3S. The molecule has 5 heteroatoms. The average molecular weight is 279 g/mol. The molecule has 19 heavy (non-hydrogen) atoms. The van der Waals surface area contributed by atoms with Gasteiger partial charge in [-0.1, -0.05) is 18.2 Å². The summed E-state index contributed by atoms with van der Waals surface area (Å²) in [6.45, 7) is 3.33. The smallest absolute Gasteiger partial charge is 0.308 e. The highest BCUT2D eigenvalue weighted by Crippen LogP contribution is 2.36. The maximum Gasteiger partial charge on any atom is 0.308 e. The molecule has 102 valence electrons. The Balaban J connectivity index is 1.95. The van der Waals surface area contributed by atoms with E-state index in [1.54, 1.807) is 25.6 Å². The molecule has 1 amide bonds. The van der Waals surface area contributed by atoms with E-state index in [1.165, 1.54) is 5.56 Å². The van der Waals surface area contributed by atoms with Crippen LogP contribution in [0.25, 0.3) is 0 Å². The van der Waals surface area contributed by atoms with Crippen LogP contribution in [0.2, 0.25) is 0 Å². The molecule has 0 fully saturated rings. The van der Waals surface area contributed by atoms with Gasteiger partial charge in [0.15, 0.2) is 0 Å². The maximum atomic E-state index is 12.1. The van der Waals surface area contributed by atoms with Crippen molar-refractivity contribution in [1.82, 2.24) is 5.32 Å². The van der Waals surface area contributed by atoms with E-state index in [2.05, 4.69) is 5.32 Å². The third-order valence-corrected chi connectivity index (χ3v) is 4.77. The van der Waals surface area contributed by atoms with Gasteiger partial charge in [0.05, 0.1) is 11.2 Å². The first-order chi connectivity index (χ1) is 8.99. The van der Waals surface area contributed by atoms with Crippen LogP contribution in [0.3, 0.4) is 0 Å². The molecule has 3 atom stereocenters. The van der Waals surface area contributed by atoms with Crippen LogP contribution in [0.15, 0.2) is 29.2 Å². The number of nitrogens with one attached hydrogen (secondary N) is 1. The summed E-state index contributed by atoms with van der Waals surface area (Å²) in [5, 5.41) is 11.6. The average Bonchev–Trinajstić information content (AvgIpc) is 2.81. The van der Waals surface area contributed by atoms with E-state index in [0.717, 1.165) is 4.90 Å². The first-order valence-corrected chi connectivity index (χ1v) is 7.14. The van der Waals surface area contributed by atoms with Crippen LogP contribution in [0, 0.1) is 5.92 Å². The molecule has 0 saturated carbocycles. The molecule has 4 nitrogen and oxygen atoms in total. The molecule has 1 aliphatic rings. The van der Waals surface area contributed by atoms with Gasteiger partial charge in [0.25, 0.3) is 0 Å².